The molecule has 2 aromatic rings. The number of carbonyl (C=O) groups excluding carboxylic acids is 1. The van der Waals surface area contributed by atoms with Gasteiger partial charge in [-0.2, -0.15) is 0 Å². The summed E-state index contributed by atoms with van der Waals surface area (Å²) in [7, 11) is 0. The first-order chi connectivity index (χ1) is 13.2. The van der Waals surface area contributed by atoms with Gasteiger partial charge in [-0.05, 0) is 37.0 Å². The smallest absolute Gasteiger partial charge is 0.249 e. The number of hydrogen-bond acceptors (Lipinski definition) is 4. The van der Waals surface area contributed by atoms with Crippen LogP contribution in [0.4, 0.5) is 0 Å². The van der Waals surface area contributed by atoms with E-state index in [1.165, 1.54) is 5.56 Å². The number of benzene rings is 1. The van der Waals surface area contributed by atoms with Crippen molar-refractivity contribution >= 4 is 5.91 Å². The number of piperidine rings is 1. The molecular weight excluding hydrogens is 338 g/mol. The first kappa shape index (κ1) is 18.1. The van der Waals surface area contributed by atoms with Gasteiger partial charge in [0, 0.05) is 25.8 Å². The quantitative estimate of drug-likeness (QED) is 0.817. The Morgan fingerprint density at radius 3 is 2.56 bits per heavy atom. The third-order valence-corrected chi connectivity index (χ3v) is 5.74. The molecule has 0 unspecified atom stereocenters. The summed E-state index contributed by atoms with van der Waals surface area (Å²) in [6, 6.07) is 16.5. The van der Waals surface area contributed by atoms with Crippen molar-refractivity contribution in [1.82, 2.24) is 14.8 Å². The van der Waals surface area contributed by atoms with Gasteiger partial charge in [0.15, 0.2) is 0 Å². The molecule has 4 rings (SSSR count). The summed E-state index contributed by atoms with van der Waals surface area (Å²) in [6.07, 6.45) is 4.82. The summed E-state index contributed by atoms with van der Waals surface area (Å²) in [5, 5.41) is 0. The number of amides is 1. The van der Waals surface area contributed by atoms with E-state index >= 15 is 0 Å². The second-order valence-corrected chi connectivity index (χ2v) is 7.62. The molecule has 142 valence electrons. The maximum atomic E-state index is 12.3. The molecule has 3 heterocycles. The van der Waals surface area contributed by atoms with Crippen molar-refractivity contribution in [3.8, 4) is 0 Å². The van der Waals surface area contributed by atoms with Gasteiger partial charge in [-0.3, -0.25) is 9.78 Å². The van der Waals surface area contributed by atoms with Gasteiger partial charge in [-0.25, -0.2) is 0 Å². The molecule has 0 radical (unpaired) electrons. The van der Waals surface area contributed by atoms with E-state index in [0.29, 0.717) is 13.1 Å². The molecule has 2 saturated heterocycles. The minimum atomic E-state index is -0.189. The van der Waals surface area contributed by atoms with Crippen LogP contribution in [0.3, 0.4) is 0 Å². The zero-order chi connectivity index (χ0) is 18.5. The molecule has 2 aliphatic heterocycles. The summed E-state index contributed by atoms with van der Waals surface area (Å²) >= 11 is 0. The van der Waals surface area contributed by atoms with Crippen LogP contribution >= 0.6 is 0 Å². The number of morpholine rings is 1. The minimum Gasteiger partial charge on any atom is -0.363 e. The number of ether oxygens (including phenoxy) is 1. The predicted molar refractivity (Wildman–Crippen MR) is 104 cm³/mol. The summed E-state index contributed by atoms with van der Waals surface area (Å²) in [5.74, 6) is 0.0674. The Balaban J connectivity index is 1.31. The SMILES string of the molecule is O=C1COC2(CCN(CCc3ccccc3)CC2)CN1Cc1ccccn1. The van der Waals surface area contributed by atoms with Crippen LogP contribution in [0.2, 0.25) is 0 Å². The molecule has 0 saturated carbocycles. The molecule has 5 heteroatoms. The lowest BCUT2D eigenvalue weighted by Crippen LogP contribution is -2.58. The van der Waals surface area contributed by atoms with Crippen molar-refractivity contribution in [2.75, 3.05) is 32.8 Å². The molecule has 1 spiro atoms. The van der Waals surface area contributed by atoms with Crippen molar-refractivity contribution in [2.24, 2.45) is 0 Å². The van der Waals surface area contributed by atoms with Crippen molar-refractivity contribution in [3.05, 3.63) is 66.0 Å². The molecule has 27 heavy (non-hydrogen) atoms. The molecule has 1 amide bonds. The highest BCUT2D eigenvalue weighted by molar-refractivity contribution is 5.78. The highest BCUT2D eigenvalue weighted by Crippen LogP contribution is 2.31. The number of likely N-dealkylation sites (tertiary alicyclic amines) is 1. The Bertz CT molecular complexity index is 743. The summed E-state index contributed by atoms with van der Waals surface area (Å²) in [5.41, 5.74) is 2.13. The fourth-order valence-corrected chi connectivity index (χ4v) is 4.04. The van der Waals surface area contributed by atoms with Gasteiger partial charge in [0.1, 0.15) is 6.61 Å². The largest absolute Gasteiger partial charge is 0.363 e. The number of rotatable bonds is 5. The van der Waals surface area contributed by atoms with Gasteiger partial charge in [0.25, 0.3) is 0 Å². The van der Waals surface area contributed by atoms with E-state index in [0.717, 1.165) is 44.6 Å². The molecule has 0 aliphatic carbocycles. The van der Waals surface area contributed by atoms with Crippen LogP contribution in [0.25, 0.3) is 0 Å². The second-order valence-electron chi connectivity index (χ2n) is 7.62. The number of carbonyl (C=O) groups is 1. The van der Waals surface area contributed by atoms with E-state index in [2.05, 4.69) is 40.2 Å². The minimum absolute atomic E-state index is 0.0674. The number of nitrogens with zero attached hydrogens (tertiary/aromatic N) is 3. The summed E-state index contributed by atoms with van der Waals surface area (Å²) in [6.45, 7) is 4.57. The fourth-order valence-electron chi connectivity index (χ4n) is 4.04. The van der Waals surface area contributed by atoms with E-state index in [-0.39, 0.29) is 18.1 Å². The van der Waals surface area contributed by atoms with Crippen molar-refractivity contribution in [2.45, 2.75) is 31.4 Å². The Morgan fingerprint density at radius 2 is 1.81 bits per heavy atom. The van der Waals surface area contributed by atoms with Crippen molar-refractivity contribution < 1.29 is 9.53 Å². The second kappa shape index (κ2) is 8.19. The molecule has 5 nitrogen and oxygen atoms in total. The topological polar surface area (TPSA) is 45.7 Å². The third-order valence-electron chi connectivity index (χ3n) is 5.74. The van der Waals surface area contributed by atoms with Gasteiger partial charge in [0.05, 0.1) is 24.4 Å². The van der Waals surface area contributed by atoms with Crippen LogP contribution in [0.15, 0.2) is 54.7 Å². The van der Waals surface area contributed by atoms with E-state index in [1.807, 2.05) is 23.1 Å². The molecule has 0 atom stereocenters. The van der Waals surface area contributed by atoms with Crippen LogP contribution in [-0.2, 0) is 22.5 Å². The lowest BCUT2D eigenvalue weighted by Gasteiger charge is -2.47. The third kappa shape index (κ3) is 4.54. The summed E-state index contributed by atoms with van der Waals surface area (Å²) < 4.78 is 6.06. The van der Waals surface area contributed by atoms with Crippen LogP contribution in [0.1, 0.15) is 24.1 Å². The lowest BCUT2D eigenvalue weighted by atomic mass is 9.89. The molecule has 2 fully saturated rings. The van der Waals surface area contributed by atoms with Gasteiger partial charge >= 0.3 is 0 Å². The van der Waals surface area contributed by atoms with Crippen LogP contribution < -0.4 is 0 Å². The maximum Gasteiger partial charge on any atom is 0.249 e. The van der Waals surface area contributed by atoms with Gasteiger partial charge in [0.2, 0.25) is 5.91 Å². The maximum absolute atomic E-state index is 12.3. The van der Waals surface area contributed by atoms with E-state index in [4.69, 9.17) is 4.74 Å². The average Bonchev–Trinajstić information content (AvgIpc) is 2.72. The number of hydrogen-bond donors (Lipinski definition) is 0. The number of aromatic nitrogens is 1. The van der Waals surface area contributed by atoms with Gasteiger partial charge in [-0.15, -0.1) is 0 Å². The Kier molecular flexibility index (Phi) is 5.50. The normalized spacial score (nSPS) is 20.1. The number of pyridine rings is 1. The predicted octanol–water partition coefficient (Wildman–Crippen LogP) is 2.52. The fraction of sp³-hybridized carbons (Fsp3) is 0.455. The first-order valence-electron chi connectivity index (χ1n) is 9.80. The Labute approximate surface area is 161 Å². The van der Waals surface area contributed by atoms with Crippen molar-refractivity contribution in [3.63, 3.8) is 0 Å². The Morgan fingerprint density at radius 1 is 1.04 bits per heavy atom. The van der Waals surface area contributed by atoms with Crippen molar-refractivity contribution in [1.29, 1.82) is 0 Å². The zero-order valence-corrected chi connectivity index (χ0v) is 15.7. The first-order valence-corrected chi connectivity index (χ1v) is 9.80. The summed E-state index contributed by atoms with van der Waals surface area (Å²) in [4.78, 5) is 21.1. The van der Waals surface area contributed by atoms with Gasteiger partial charge < -0.3 is 14.5 Å². The Hall–Kier alpha value is -2.24. The molecular formula is C22H27N3O2. The highest BCUT2D eigenvalue weighted by Gasteiger charge is 2.42. The van der Waals surface area contributed by atoms with Gasteiger partial charge in [-0.1, -0.05) is 36.4 Å². The monoisotopic (exact) mass is 365 g/mol. The molecule has 2 aliphatic rings. The van der Waals surface area contributed by atoms with Crippen LogP contribution in [0.5, 0.6) is 0 Å². The lowest BCUT2D eigenvalue weighted by molar-refractivity contribution is -0.172. The highest BCUT2D eigenvalue weighted by atomic mass is 16.5. The molecule has 1 aromatic heterocycles. The molecule has 1 aromatic carbocycles. The van der Waals surface area contributed by atoms with E-state index in [1.54, 1.807) is 6.20 Å². The van der Waals surface area contributed by atoms with E-state index in [9.17, 15) is 4.79 Å². The van der Waals surface area contributed by atoms with E-state index < -0.39 is 0 Å². The zero-order valence-electron chi connectivity index (χ0n) is 15.7. The average molecular weight is 365 g/mol. The van der Waals surface area contributed by atoms with Crippen LogP contribution in [0, 0.1) is 0 Å². The van der Waals surface area contributed by atoms with Crippen LogP contribution in [-0.4, -0.2) is 59.1 Å². The molecule has 0 N–H and O–H groups in total. The molecule has 0 bridgehead atoms. The standard InChI is InChI=1S/C22H27N3O2/c26-21-17-27-22(18-25(21)16-20-8-4-5-12-23-20)10-14-24(15-11-22)13-9-19-6-2-1-3-7-19/h1-8,12H,9-11,13-18H2.